The van der Waals surface area contributed by atoms with E-state index in [1.165, 1.54) is 0 Å². The first-order valence-corrected chi connectivity index (χ1v) is 6.32. The minimum atomic E-state index is -0.232. The van der Waals surface area contributed by atoms with E-state index < -0.39 is 0 Å². The molecule has 0 fully saturated rings. The van der Waals surface area contributed by atoms with Crippen molar-refractivity contribution < 1.29 is 0 Å². The van der Waals surface area contributed by atoms with Gasteiger partial charge < -0.3 is 9.88 Å². The van der Waals surface area contributed by atoms with Gasteiger partial charge in [0.1, 0.15) is 0 Å². The fraction of sp³-hybridized carbons (Fsp3) is 0.667. The topological polar surface area (TPSA) is 46.9 Å². The molecule has 1 aromatic rings. The van der Waals surface area contributed by atoms with Crippen molar-refractivity contribution in [2.75, 3.05) is 11.2 Å². The fourth-order valence-electron chi connectivity index (χ4n) is 1.54. The van der Waals surface area contributed by atoms with E-state index in [2.05, 4.69) is 10.3 Å². The third-order valence-corrected chi connectivity index (χ3v) is 2.79. The van der Waals surface area contributed by atoms with Gasteiger partial charge in [-0.25, -0.2) is 4.98 Å². The Hall–Kier alpha value is -1.03. The second-order valence-electron chi connectivity index (χ2n) is 5.03. The molecule has 0 unspecified atom stereocenters. The van der Waals surface area contributed by atoms with Crippen molar-refractivity contribution in [3.8, 4) is 0 Å². The zero-order valence-corrected chi connectivity index (χ0v) is 11.6. The second kappa shape index (κ2) is 5.54. The number of hydrogen-bond acceptors (Lipinski definition) is 3. The Morgan fingerprint density at radius 2 is 2.18 bits per heavy atom. The minimum absolute atomic E-state index is 0.0925. The molecule has 0 saturated carbocycles. The van der Waals surface area contributed by atoms with Crippen LogP contribution in [0.5, 0.6) is 0 Å². The van der Waals surface area contributed by atoms with Crippen LogP contribution in [0.1, 0.15) is 40.2 Å². The summed E-state index contributed by atoms with van der Waals surface area (Å²) in [4.78, 5) is 16.2. The Labute approximate surface area is 107 Å². The van der Waals surface area contributed by atoms with E-state index in [0.29, 0.717) is 11.7 Å². The smallest absolute Gasteiger partial charge is 0.293 e. The highest BCUT2D eigenvalue weighted by Crippen LogP contribution is 2.14. The van der Waals surface area contributed by atoms with E-state index in [9.17, 15) is 4.79 Å². The molecule has 0 atom stereocenters. The molecule has 1 rings (SSSR count). The van der Waals surface area contributed by atoms with Gasteiger partial charge >= 0.3 is 0 Å². The Morgan fingerprint density at radius 1 is 1.53 bits per heavy atom. The maximum atomic E-state index is 12.1. The standard InChI is InChI=1S/C12H20ClN3O/c1-9(2)16-8-7-14-10(11(16)17)15-12(3,4)5-6-13/h7-9H,5-6H2,1-4H3,(H,14,15). The monoisotopic (exact) mass is 257 g/mol. The molecule has 5 heteroatoms. The number of nitrogens with zero attached hydrogens (tertiary/aromatic N) is 2. The highest BCUT2D eigenvalue weighted by Gasteiger charge is 2.19. The van der Waals surface area contributed by atoms with Crippen LogP contribution in [0.4, 0.5) is 5.82 Å². The van der Waals surface area contributed by atoms with Crippen LogP contribution in [0.3, 0.4) is 0 Å². The van der Waals surface area contributed by atoms with Gasteiger partial charge in [0.05, 0.1) is 0 Å². The Kier molecular flexibility index (Phi) is 4.57. The highest BCUT2D eigenvalue weighted by molar-refractivity contribution is 6.17. The van der Waals surface area contributed by atoms with Crippen LogP contribution in [-0.4, -0.2) is 21.0 Å². The van der Waals surface area contributed by atoms with E-state index in [0.717, 1.165) is 6.42 Å². The number of anilines is 1. The van der Waals surface area contributed by atoms with Crippen molar-refractivity contribution in [3.63, 3.8) is 0 Å². The summed E-state index contributed by atoms with van der Waals surface area (Å²) in [5, 5.41) is 3.15. The van der Waals surface area contributed by atoms with Gasteiger partial charge in [0.25, 0.3) is 5.56 Å². The van der Waals surface area contributed by atoms with Crippen LogP contribution < -0.4 is 10.9 Å². The molecule has 1 heterocycles. The third kappa shape index (κ3) is 3.73. The molecular weight excluding hydrogens is 238 g/mol. The highest BCUT2D eigenvalue weighted by atomic mass is 35.5. The SMILES string of the molecule is CC(C)n1ccnc(NC(C)(C)CCCl)c1=O. The Morgan fingerprint density at radius 3 is 2.71 bits per heavy atom. The summed E-state index contributed by atoms with van der Waals surface area (Å²) in [5.41, 5.74) is -0.325. The van der Waals surface area contributed by atoms with E-state index in [-0.39, 0.29) is 17.1 Å². The molecule has 0 aliphatic carbocycles. The van der Waals surface area contributed by atoms with Crippen molar-refractivity contribution in [3.05, 3.63) is 22.7 Å². The molecule has 0 aliphatic heterocycles. The van der Waals surface area contributed by atoms with Crippen molar-refractivity contribution in [2.45, 2.75) is 45.7 Å². The van der Waals surface area contributed by atoms with Crippen molar-refractivity contribution in [1.29, 1.82) is 0 Å². The van der Waals surface area contributed by atoms with Gasteiger partial charge in [-0.2, -0.15) is 0 Å². The van der Waals surface area contributed by atoms with Crippen molar-refractivity contribution in [2.24, 2.45) is 0 Å². The third-order valence-electron chi connectivity index (χ3n) is 2.60. The lowest BCUT2D eigenvalue weighted by Crippen LogP contribution is -2.36. The van der Waals surface area contributed by atoms with E-state index >= 15 is 0 Å². The lowest BCUT2D eigenvalue weighted by Gasteiger charge is -2.26. The zero-order valence-electron chi connectivity index (χ0n) is 10.8. The summed E-state index contributed by atoms with van der Waals surface area (Å²) < 4.78 is 1.66. The van der Waals surface area contributed by atoms with Crippen LogP contribution in [0.2, 0.25) is 0 Å². The maximum absolute atomic E-state index is 12.1. The molecule has 4 nitrogen and oxygen atoms in total. The number of rotatable bonds is 5. The van der Waals surface area contributed by atoms with E-state index in [1.807, 2.05) is 27.7 Å². The number of aromatic nitrogens is 2. The lowest BCUT2D eigenvalue weighted by atomic mass is 10.0. The summed E-state index contributed by atoms with van der Waals surface area (Å²) in [6.07, 6.45) is 4.11. The van der Waals surface area contributed by atoms with Crippen molar-refractivity contribution >= 4 is 17.4 Å². The molecule has 1 N–H and O–H groups in total. The summed E-state index contributed by atoms with van der Waals surface area (Å²) in [6, 6.07) is 0.127. The van der Waals surface area contributed by atoms with E-state index in [4.69, 9.17) is 11.6 Å². The Bertz CT molecular complexity index is 426. The Balaban J connectivity index is 3.00. The van der Waals surface area contributed by atoms with Gasteiger partial charge in [0, 0.05) is 29.9 Å². The molecule has 0 spiro atoms. The van der Waals surface area contributed by atoms with Gasteiger partial charge in [-0.1, -0.05) is 0 Å². The van der Waals surface area contributed by atoms with Gasteiger partial charge in [0.2, 0.25) is 0 Å². The molecule has 96 valence electrons. The number of hydrogen-bond donors (Lipinski definition) is 1. The fourth-order valence-corrected chi connectivity index (χ4v) is 2.01. The molecule has 0 radical (unpaired) electrons. The molecule has 0 aliphatic rings. The second-order valence-corrected chi connectivity index (χ2v) is 5.41. The van der Waals surface area contributed by atoms with Crippen LogP contribution in [0.15, 0.2) is 17.2 Å². The largest absolute Gasteiger partial charge is 0.361 e. The molecule has 17 heavy (non-hydrogen) atoms. The normalized spacial score (nSPS) is 11.9. The van der Waals surface area contributed by atoms with Crippen molar-refractivity contribution in [1.82, 2.24) is 9.55 Å². The maximum Gasteiger partial charge on any atom is 0.293 e. The number of nitrogens with one attached hydrogen (secondary N) is 1. The molecular formula is C12H20ClN3O. The van der Waals surface area contributed by atoms with Gasteiger partial charge in [-0.15, -0.1) is 11.6 Å². The quantitative estimate of drug-likeness (QED) is 0.825. The predicted molar refractivity (Wildman–Crippen MR) is 71.9 cm³/mol. The first kappa shape index (κ1) is 14.0. The van der Waals surface area contributed by atoms with Crippen LogP contribution in [-0.2, 0) is 0 Å². The average Bonchev–Trinajstić information content (AvgIpc) is 2.20. The summed E-state index contributed by atoms with van der Waals surface area (Å²) in [6.45, 7) is 7.94. The van der Waals surface area contributed by atoms with Gasteiger partial charge in [-0.3, -0.25) is 4.79 Å². The van der Waals surface area contributed by atoms with Gasteiger partial charge in [-0.05, 0) is 34.1 Å². The summed E-state index contributed by atoms with van der Waals surface area (Å²) in [7, 11) is 0. The average molecular weight is 258 g/mol. The number of alkyl halides is 1. The molecule has 0 bridgehead atoms. The lowest BCUT2D eigenvalue weighted by molar-refractivity contribution is 0.537. The molecule has 0 aromatic carbocycles. The molecule has 0 amide bonds. The first-order valence-electron chi connectivity index (χ1n) is 5.78. The summed E-state index contributed by atoms with van der Waals surface area (Å²) in [5.74, 6) is 0.932. The van der Waals surface area contributed by atoms with Gasteiger partial charge in [0.15, 0.2) is 5.82 Å². The van der Waals surface area contributed by atoms with Crippen LogP contribution in [0.25, 0.3) is 0 Å². The predicted octanol–water partition coefficient (Wildman–Crippen LogP) is 2.64. The van der Waals surface area contributed by atoms with E-state index in [1.54, 1.807) is 17.0 Å². The molecule has 1 aromatic heterocycles. The zero-order chi connectivity index (χ0) is 13.1. The summed E-state index contributed by atoms with van der Waals surface area (Å²) >= 11 is 5.73. The van der Waals surface area contributed by atoms with Crippen LogP contribution in [0, 0.1) is 0 Å². The number of halogens is 1. The van der Waals surface area contributed by atoms with Crippen LogP contribution >= 0.6 is 11.6 Å². The molecule has 0 saturated heterocycles. The minimum Gasteiger partial charge on any atom is -0.361 e. The first-order chi connectivity index (χ1) is 7.87.